The van der Waals surface area contributed by atoms with Crippen LogP contribution in [0.3, 0.4) is 0 Å². The number of aromatic amines is 1. The highest BCUT2D eigenvalue weighted by molar-refractivity contribution is 5.87. The molecule has 0 unspecified atom stereocenters. The first-order chi connectivity index (χ1) is 12.7. The second-order valence-corrected chi connectivity index (χ2v) is 6.63. The van der Waals surface area contributed by atoms with Crippen molar-refractivity contribution in [2.45, 2.75) is 18.5 Å². The molecule has 4 aromatic rings. The first kappa shape index (κ1) is 15.2. The van der Waals surface area contributed by atoms with Crippen LogP contribution in [0.25, 0.3) is 21.9 Å². The molecule has 5 rings (SSSR count). The fraction of sp³-hybridized carbons (Fsp3) is 0.190. The van der Waals surface area contributed by atoms with Crippen LogP contribution < -0.4 is 5.32 Å². The fourth-order valence-corrected chi connectivity index (χ4v) is 3.90. The third kappa shape index (κ3) is 2.24. The Balaban J connectivity index is 1.69. The number of furan rings is 1. The molecular formula is C21H18N2O3. The molecule has 0 amide bonds. The summed E-state index contributed by atoms with van der Waals surface area (Å²) in [5, 5.41) is 5.58. The number of rotatable bonds is 2. The fourth-order valence-electron chi connectivity index (χ4n) is 3.90. The predicted octanol–water partition coefficient (Wildman–Crippen LogP) is 3.69. The van der Waals surface area contributed by atoms with Gasteiger partial charge in [-0.1, -0.05) is 36.4 Å². The minimum absolute atomic E-state index is 0.234. The summed E-state index contributed by atoms with van der Waals surface area (Å²) in [4.78, 5) is 15.8. The van der Waals surface area contributed by atoms with Crippen LogP contribution in [0.15, 0.2) is 59.0 Å². The highest BCUT2D eigenvalue weighted by atomic mass is 16.5. The van der Waals surface area contributed by atoms with E-state index in [4.69, 9.17) is 9.15 Å². The maximum atomic E-state index is 12.3. The molecule has 3 heterocycles. The van der Waals surface area contributed by atoms with Gasteiger partial charge in [-0.2, -0.15) is 0 Å². The van der Waals surface area contributed by atoms with Gasteiger partial charge in [0.1, 0.15) is 23.4 Å². The van der Waals surface area contributed by atoms with Gasteiger partial charge < -0.3 is 14.1 Å². The highest BCUT2D eigenvalue weighted by Gasteiger charge is 2.36. The normalized spacial score (nSPS) is 19.6. The minimum Gasteiger partial charge on any atom is -0.468 e. The van der Waals surface area contributed by atoms with E-state index in [0.717, 1.165) is 38.9 Å². The number of aromatic nitrogens is 1. The molecule has 26 heavy (non-hydrogen) atoms. The van der Waals surface area contributed by atoms with Crippen LogP contribution in [0.5, 0.6) is 0 Å². The largest absolute Gasteiger partial charge is 0.468 e. The molecule has 0 saturated heterocycles. The van der Waals surface area contributed by atoms with Crippen LogP contribution in [-0.2, 0) is 16.0 Å². The number of methoxy groups -OCH3 is 1. The molecule has 0 radical (unpaired) electrons. The van der Waals surface area contributed by atoms with Crippen molar-refractivity contribution in [3.8, 4) is 0 Å². The van der Waals surface area contributed by atoms with E-state index in [9.17, 15) is 4.79 Å². The monoisotopic (exact) mass is 346 g/mol. The molecule has 130 valence electrons. The van der Waals surface area contributed by atoms with Gasteiger partial charge in [0.25, 0.3) is 0 Å². The maximum absolute atomic E-state index is 12.3. The lowest BCUT2D eigenvalue weighted by Crippen LogP contribution is -2.45. The molecule has 2 N–H and O–H groups in total. The molecular weight excluding hydrogens is 328 g/mol. The zero-order valence-corrected chi connectivity index (χ0v) is 14.3. The Morgan fingerprint density at radius 1 is 1.15 bits per heavy atom. The lowest BCUT2D eigenvalue weighted by atomic mass is 9.92. The number of hydrogen-bond acceptors (Lipinski definition) is 4. The summed E-state index contributed by atoms with van der Waals surface area (Å²) >= 11 is 0. The molecule has 0 saturated carbocycles. The second-order valence-electron chi connectivity index (χ2n) is 6.63. The summed E-state index contributed by atoms with van der Waals surface area (Å²) in [7, 11) is 1.42. The van der Waals surface area contributed by atoms with Crippen molar-refractivity contribution < 1.29 is 13.9 Å². The Morgan fingerprint density at radius 3 is 2.81 bits per heavy atom. The Bertz CT molecular complexity index is 1090. The standard InChI is InChI=1S/C21H18N2O3/c1-25-21(24)16-11-14-13-7-3-4-8-15(13)22-19(14)20(23-16)18-10-12-6-2-5-9-17(12)26-18/h2-10,16,20,22-23H,11H2,1H3/t16-,20+/m1/s1. The molecule has 1 aliphatic rings. The Morgan fingerprint density at radius 2 is 1.96 bits per heavy atom. The molecule has 2 atom stereocenters. The summed E-state index contributed by atoms with van der Waals surface area (Å²) in [5.41, 5.74) is 4.08. The topological polar surface area (TPSA) is 67.3 Å². The summed E-state index contributed by atoms with van der Waals surface area (Å²) < 4.78 is 11.1. The number of hydrogen-bond donors (Lipinski definition) is 2. The van der Waals surface area contributed by atoms with Crippen molar-refractivity contribution in [3.05, 3.63) is 71.6 Å². The third-order valence-electron chi connectivity index (χ3n) is 5.13. The first-order valence-corrected chi connectivity index (χ1v) is 8.66. The highest BCUT2D eigenvalue weighted by Crippen LogP contribution is 2.37. The van der Waals surface area contributed by atoms with E-state index in [2.05, 4.69) is 22.4 Å². The van der Waals surface area contributed by atoms with Gasteiger partial charge in [0, 0.05) is 28.4 Å². The van der Waals surface area contributed by atoms with Crippen LogP contribution >= 0.6 is 0 Å². The van der Waals surface area contributed by atoms with E-state index in [1.807, 2.05) is 42.5 Å². The Labute approximate surface area is 149 Å². The van der Waals surface area contributed by atoms with Crippen molar-refractivity contribution in [3.63, 3.8) is 0 Å². The third-order valence-corrected chi connectivity index (χ3v) is 5.13. The molecule has 0 fully saturated rings. The van der Waals surface area contributed by atoms with Crippen LogP contribution in [-0.4, -0.2) is 24.1 Å². The molecule has 5 nitrogen and oxygen atoms in total. The van der Waals surface area contributed by atoms with Crippen molar-refractivity contribution in [1.82, 2.24) is 10.3 Å². The van der Waals surface area contributed by atoms with Gasteiger partial charge in [-0.3, -0.25) is 10.1 Å². The summed E-state index contributed by atoms with van der Waals surface area (Å²) in [6.07, 6.45) is 0.586. The number of benzene rings is 2. The number of ether oxygens (including phenoxy) is 1. The summed E-state index contributed by atoms with van der Waals surface area (Å²) in [5.74, 6) is 0.523. The zero-order chi connectivity index (χ0) is 17.7. The number of para-hydroxylation sites is 2. The molecule has 2 aromatic heterocycles. The molecule has 5 heteroatoms. The first-order valence-electron chi connectivity index (χ1n) is 8.66. The lowest BCUT2D eigenvalue weighted by Gasteiger charge is -2.28. The zero-order valence-electron chi connectivity index (χ0n) is 14.3. The summed E-state index contributed by atoms with van der Waals surface area (Å²) in [6.45, 7) is 0. The second kappa shape index (κ2) is 5.75. The van der Waals surface area contributed by atoms with Gasteiger partial charge in [0.15, 0.2) is 0 Å². The van der Waals surface area contributed by atoms with Crippen molar-refractivity contribution in [2.24, 2.45) is 0 Å². The quantitative estimate of drug-likeness (QED) is 0.543. The molecule has 0 bridgehead atoms. The van der Waals surface area contributed by atoms with E-state index in [1.165, 1.54) is 7.11 Å². The number of fused-ring (bicyclic) bond motifs is 4. The lowest BCUT2D eigenvalue weighted by molar-refractivity contribution is -0.143. The van der Waals surface area contributed by atoms with Gasteiger partial charge in [0.2, 0.25) is 0 Å². The van der Waals surface area contributed by atoms with Crippen molar-refractivity contribution in [2.75, 3.05) is 7.11 Å². The van der Waals surface area contributed by atoms with Gasteiger partial charge in [-0.05, 0) is 23.8 Å². The van der Waals surface area contributed by atoms with Gasteiger partial charge in [0.05, 0.1) is 7.11 Å². The van der Waals surface area contributed by atoms with Gasteiger partial charge in [-0.25, -0.2) is 0 Å². The molecule has 0 aliphatic carbocycles. The van der Waals surface area contributed by atoms with Crippen LogP contribution in [0, 0.1) is 0 Å². The number of carbonyl (C=O) groups excluding carboxylic acids is 1. The maximum Gasteiger partial charge on any atom is 0.323 e. The molecule has 0 spiro atoms. The SMILES string of the molecule is COC(=O)[C@H]1Cc2c([nH]c3ccccc23)[C@H](c2cc3ccccc3o2)N1. The smallest absolute Gasteiger partial charge is 0.323 e. The predicted molar refractivity (Wildman–Crippen MR) is 99.0 cm³/mol. The average molecular weight is 346 g/mol. The number of nitrogens with one attached hydrogen (secondary N) is 2. The van der Waals surface area contributed by atoms with Gasteiger partial charge in [-0.15, -0.1) is 0 Å². The van der Waals surface area contributed by atoms with E-state index in [1.54, 1.807) is 0 Å². The van der Waals surface area contributed by atoms with Gasteiger partial charge >= 0.3 is 5.97 Å². The van der Waals surface area contributed by atoms with E-state index >= 15 is 0 Å². The Kier molecular flexibility index (Phi) is 3.36. The van der Waals surface area contributed by atoms with Crippen LogP contribution in [0.4, 0.5) is 0 Å². The average Bonchev–Trinajstić information content (AvgIpc) is 3.27. The van der Waals surface area contributed by atoms with Crippen molar-refractivity contribution >= 4 is 27.8 Å². The van der Waals surface area contributed by atoms with E-state index < -0.39 is 6.04 Å². The molecule has 1 aliphatic heterocycles. The summed E-state index contributed by atoms with van der Waals surface area (Å²) in [6, 6.07) is 17.5. The van der Waals surface area contributed by atoms with Crippen LogP contribution in [0.2, 0.25) is 0 Å². The van der Waals surface area contributed by atoms with Crippen LogP contribution in [0.1, 0.15) is 23.1 Å². The number of esters is 1. The minimum atomic E-state index is -0.412. The number of carbonyl (C=O) groups is 1. The Hall–Kier alpha value is -3.05. The molecule has 2 aromatic carbocycles. The van der Waals surface area contributed by atoms with Crippen molar-refractivity contribution in [1.29, 1.82) is 0 Å². The van der Waals surface area contributed by atoms with E-state index in [0.29, 0.717) is 6.42 Å². The van der Waals surface area contributed by atoms with E-state index in [-0.39, 0.29) is 12.0 Å². The number of H-pyrrole nitrogens is 1.